The van der Waals surface area contributed by atoms with Gasteiger partial charge in [-0.25, -0.2) is 4.39 Å². The van der Waals surface area contributed by atoms with E-state index in [4.69, 9.17) is 11.6 Å². The Hall–Kier alpha value is -2.69. The monoisotopic (exact) mass is 368 g/mol. The molecule has 3 rings (SSSR count). The maximum absolute atomic E-state index is 13.2. The second-order valence-corrected chi connectivity index (χ2v) is 6.27. The van der Waals surface area contributed by atoms with Crippen LogP contribution in [0.2, 0.25) is 5.02 Å². The Morgan fingerprint density at radius 3 is 2.38 bits per heavy atom. The first-order chi connectivity index (χ1) is 12.6. The van der Waals surface area contributed by atoms with E-state index in [0.29, 0.717) is 10.7 Å². The molecule has 0 heterocycles. The zero-order valence-corrected chi connectivity index (χ0v) is 14.7. The highest BCUT2D eigenvalue weighted by atomic mass is 35.5. The molecule has 0 aromatic heterocycles. The Morgan fingerprint density at radius 2 is 1.65 bits per heavy atom. The third kappa shape index (κ3) is 4.91. The summed E-state index contributed by atoms with van der Waals surface area (Å²) in [6.07, 6.45) is 0. The third-order valence-corrected chi connectivity index (χ3v) is 4.13. The molecule has 2 N–H and O–H groups in total. The van der Waals surface area contributed by atoms with E-state index in [-0.39, 0.29) is 18.5 Å². The summed E-state index contributed by atoms with van der Waals surface area (Å²) in [5.74, 6) is -0.643. The molecular formula is C21H18ClFN2O. The summed E-state index contributed by atoms with van der Waals surface area (Å²) in [5.41, 5.74) is 2.41. The Labute approximate surface area is 156 Å². The van der Waals surface area contributed by atoms with Gasteiger partial charge in [-0.2, -0.15) is 0 Å². The van der Waals surface area contributed by atoms with E-state index in [1.54, 1.807) is 12.1 Å². The first-order valence-corrected chi connectivity index (χ1v) is 8.59. The fourth-order valence-electron chi connectivity index (χ4n) is 2.73. The van der Waals surface area contributed by atoms with Crippen molar-refractivity contribution in [1.82, 2.24) is 5.32 Å². The first kappa shape index (κ1) is 18.1. The van der Waals surface area contributed by atoms with E-state index >= 15 is 0 Å². The van der Waals surface area contributed by atoms with Crippen LogP contribution in [0.15, 0.2) is 78.9 Å². The molecule has 3 aromatic carbocycles. The van der Waals surface area contributed by atoms with Crippen molar-refractivity contribution in [2.45, 2.75) is 6.04 Å². The minimum Gasteiger partial charge on any atom is -0.325 e. The largest absolute Gasteiger partial charge is 0.325 e. The van der Waals surface area contributed by atoms with Crippen LogP contribution in [0.5, 0.6) is 0 Å². The topological polar surface area (TPSA) is 41.1 Å². The van der Waals surface area contributed by atoms with E-state index in [1.807, 2.05) is 54.6 Å². The van der Waals surface area contributed by atoms with Crippen molar-refractivity contribution >= 4 is 23.2 Å². The average molecular weight is 369 g/mol. The molecule has 1 amide bonds. The maximum Gasteiger partial charge on any atom is 0.238 e. The van der Waals surface area contributed by atoms with Gasteiger partial charge in [0.05, 0.1) is 12.6 Å². The normalized spacial score (nSPS) is 11.8. The number of halogens is 2. The van der Waals surface area contributed by atoms with Gasteiger partial charge in [-0.3, -0.25) is 10.1 Å². The zero-order chi connectivity index (χ0) is 18.4. The first-order valence-electron chi connectivity index (χ1n) is 8.21. The molecule has 0 aliphatic carbocycles. The molecule has 0 bridgehead atoms. The molecule has 1 unspecified atom stereocenters. The van der Waals surface area contributed by atoms with Gasteiger partial charge in [-0.05, 0) is 41.5 Å². The number of nitrogens with one attached hydrogen (secondary N) is 2. The second kappa shape index (κ2) is 8.61. The number of amides is 1. The van der Waals surface area contributed by atoms with Gasteiger partial charge in [0.2, 0.25) is 5.91 Å². The van der Waals surface area contributed by atoms with Crippen molar-refractivity contribution in [2.24, 2.45) is 0 Å². The fraction of sp³-hybridized carbons (Fsp3) is 0.0952. The quantitative estimate of drug-likeness (QED) is 0.656. The van der Waals surface area contributed by atoms with Gasteiger partial charge in [-0.1, -0.05) is 60.1 Å². The van der Waals surface area contributed by atoms with Crippen molar-refractivity contribution in [1.29, 1.82) is 0 Å². The van der Waals surface area contributed by atoms with Crippen LogP contribution in [-0.4, -0.2) is 12.5 Å². The zero-order valence-electron chi connectivity index (χ0n) is 14.0. The van der Waals surface area contributed by atoms with Gasteiger partial charge in [0, 0.05) is 10.7 Å². The minimum atomic E-state index is -0.392. The smallest absolute Gasteiger partial charge is 0.238 e. The lowest BCUT2D eigenvalue weighted by Gasteiger charge is -2.20. The summed E-state index contributed by atoms with van der Waals surface area (Å²) in [4.78, 5) is 12.2. The van der Waals surface area contributed by atoms with Gasteiger partial charge in [0.25, 0.3) is 0 Å². The van der Waals surface area contributed by atoms with Crippen LogP contribution in [0.25, 0.3) is 0 Å². The Morgan fingerprint density at radius 1 is 0.923 bits per heavy atom. The predicted molar refractivity (Wildman–Crippen MR) is 103 cm³/mol. The molecule has 1 atom stereocenters. The van der Waals surface area contributed by atoms with E-state index in [2.05, 4.69) is 10.6 Å². The van der Waals surface area contributed by atoms with Crippen LogP contribution in [0, 0.1) is 5.82 Å². The van der Waals surface area contributed by atoms with Crippen molar-refractivity contribution in [2.75, 3.05) is 11.9 Å². The molecule has 0 fully saturated rings. The summed E-state index contributed by atoms with van der Waals surface area (Å²) in [6.45, 7) is 0.0720. The molecule has 3 nitrogen and oxygen atoms in total. The molecule has 0 aliphatic heterocycles. The molecule has 3 aromatic rings. The Balaban J connectivity index is 1.73. The van der Waals surface area contributed by atoms with Crippen LogP contribution in [0.4, 0.5) is 10.1 Å². The van der Waals surface area contributed by atoms with Gasteiger partial charge in [0.15, 0.2) is 0 Å². The molecule has 0 radical (unpaired) electrons. The number of anilines is 1. The van der Waals surface area contributed by atoms with Crippen LogP contribution in [0.1, 0.15) is 17.2 Å². The fourth-order valence-corrected chi connectivity index (χ4v) is 2.92. The Kier molecular flexibility index (Phi) is 6.00. The SMILES string of the molecule is O=C(CNC(c1ccccc1)c1cccc(Cl)c1)Nc1cccc(F)c1. The summed E-state index contributed by atoms with van der Waals surface area (Å²) < 4.78 is 13.2. The predicted octanol–water partition coefficient (Wildman–Crippen LogP) is 4.80. The van der Waals surface area contributed by atoms with Crippen LogP contribution in [0.3, 0.4) is 0 Å². The maximum atomic E-state index is 13.2. The van der Waals surface area contributed by atoms with E-state index in [0.717, 1.165) is 11.1 Å². The molecule has 0 saturated heterocycles. The summed E-state index contributed by atoms with van der Waals surface area (Å²) in [6, 6.07) is 23.0. The molecule has 0 spiro atoms. The minimum absolute atomic E-state index is 0.0720. The van der Waals surface area contributed by atoms with Crippen molar-refractivity contribution in [3.63, 3.8) is 0 Å². The Bertz CT molecular complexity index is 886. The summed E-state index contributed by atoms with van der Waals surface area (Å²) in [7, 11) is 0. The van der Waals surface area contributed by atoms with Crippen molar-refractivity contribution in [3.8, 4) is 0 Å². The van der Waals surface area contributed by atoms with Gasteiger partial charge < -0.3 is 5.32 Å². The highest BCUT2D eigenvalue weighted by Gasteiger charge is 2.15. The number of rotatable bonds is 6. The second-order valence-electron chi connectivity index (χ2n) is 5.84. The highest BCUT2D eigenvalue weighted by molar-refractivity contribution is 6.30. The number of benzene rings is 3. The van der Waals surface area contributed by atoms with Crippen LogP contribution in [-0.2, 0) is 4.79 Å². The summed E-state index contributed by atoms with van der Waals surface area (Å²) >= 11 is 6.12. The van der Waals surface area contributed by atoms with E-state index in [1.165, 1.54) is 12.1 Å². The van der Waals surface area contributed by atoms with Gasteiger partial charge >= 0.3 is 0 Å². The lowest BCUT2D eigenvalue weighted by Crippen LogP contribution is -2.32. The number of hydrogen-bond acceptors (Lipinski definition) is 2. The van der Waals surface area contributed by atoms with Crippen molar-refractivity contribution < 1.29 is 9.18 Å². The standard InChI is InChI=1S/C21H18ClFN2O/c22-17-9-4-8-16(12-17)21(15-6-2-1-3-7-15)24-14-20(26)25-19-11-5-10-18(23)13-19/h1-13,21,24H,14H2,(H,25,26). The van der Waals surface area contributed by atoms with E-state index in [9.17, 15) is 9.18 Å². The molecule has 0 saturated carbocycles. The van der Waals surface area contributed by atoms with Gasteiger partial charge in [-0.15, -0.1) is 0 Å². The highest BCUT2D eigenvalue weighted by Crippen LogP contribution is 2.24. The number of carbonyl (C=O) groups excluding carboxylic acids is 1. The molecule has 0 aliphatic rings. The molecule has 132 valence electrons. The lowest BCUT2D eigenvalue weighted by atomic mass is 9.99. The van der Waals surface area contributed by atoms with Gasteiger partial charge in [0.1, 0.15) is 5.82 Å². The number of carbonyl (C=O) groups is 1. The van der Waals surface area contributed by atoms with Crippen molar-refractivity contribution in [3.05, 3.63) is 101 Å². The average Bonchev–Trinajstić information content (AvgIpc) is 2.63. The van der Waals surface area contributed by atoms with Crippen LogP contribution >= 0.6 is 11.6 Å². The molecule has 5 heteroatoms. The molecule has 26 heavy (non-hydrogen) atoms. The lowest BCUT2D eigenvalue weighted by molar-refractivity contribution is -0.115. The van der Waals surface area contributed by atoms with E-state index < -0.39 is 5.82 Å². The number of hydrogen-bond donors (Lipinski definition) is 2. The third-order valence-electron chi connectivity index (χ3n) is 3.89. The molecular weight excluding hydrogens is 351 g/mol. The summed E-state index contributed by atoms with van der Waals surface area (Å²) in [5, 5.41) is 6.57. The van der Waals surface area contributed by atoms with Crippen LogP contribution < -0.4 is 10.6 Å².